The van der Waals surface area contributed by atoms with E-state index in [0.29, 0.717) is 44.9 Å². The third kappa shape index (κ3) is 9.46. The number of hydrogen-bond acceptors (Lipinski definition) is 23. The molecular weight excluding hydrogens is 1020 g/mol. The van der Waals surface area contributed by atoms with Gasteiger partial charge in [-0.2, -0.15) is 0 Å². The Morgan fingerprint density at radius 1 is 0.636 bits per heavy atom. The first-order valence-corrected chi connectivity index (χ1v) is 27.4. The fourth-order valence-electron chi connectivity index (χ4n) is 16.2. The van der Waals surface area contributed by atoms with Crippen molar-refractivity contribution in [1.29, 1.82) is 0 Å². The Balaban J connectivity index is 0.961. The van der Waals surface area contributed by atoms with Crippen molar-refractivity contribution in [2.24, 2.45) is 50.2 Å². The van der Waals surface area contributed by atoms with Gasteiger partial charge in [0, 0.05) is 10.8 Å². The van der Waals surface area contributed by atoms with E-state index in [1.54, 1.807) is 6.92 Å². The molecular formula is C53H84O24. The van der Waals surface area contributed by atoms with Crippen LogP contribution in [0.2, 0.25) is 0 Å². The summed E-state index contributed by atoms with van der Waals surface area (Å²) in [5, 5.41) is 151. The number of rotatable bonds is 11. The van der Waals surface area contributed by atoms with Gasteiger partial charge < -0.3 is 109 Å². The van der Waals surface area contributed by atoms with Crippen molar-refractivity contribution in [3.63, 3.8) is 0 Å². The maximum absolute atomic E-state index is 14.2. The number of carbonyl (C=O) groups excluding carboxylic acids is 1. The molecule has 0 spiro atoms. The molecule has 0 aromatic heterocycles. The smallest absolute Gasteiger partial charge is 0.335 e. The van der Waals surface area contributed by atoms with Crippen molar-refractivity contribution in [1.82, 2.24) is 0 Å². The number of carbonyl (C=O) groups is 2. The minimum Gasteiger partial charge on any atom is -0.479 e. The van der Waals surface area contributed by atoms with E-state index in [1.165, 1.54) is 6.92 Å². The molecule has 14 N–H and O–H groups in total. The average molecular weight is 1110 g/mol. The van der Waals surface area contributed by atoms with Crippen LogP contribution in [0.4, 0.5) is 0 Å². The maximum Gasteiger partial charge on any atom is 0.335 e. The van der Waals surface area contributed by atoms with E-state index in [-0.39, 0.29) is 36.2 Å². The van der Waals surface area contributed by atoms with Gasteiger partial charge in [0.15, 0.2) is 25.0 Å². The molecule has 4 heterocycles. The first-order chi connectivity index (χ1) is 36.0. The first kappa shape index (κ1) is 59.5. The van der Waals surface area contributed by atoms with Crippen LogP contribution in [0, 0.1) is 50.2 Å². The van der Waals surface area contributed by atoms with E-state index in [0.717, 1.165) is 12.0 Å². The zero-order valence-corrected chi connectivity index (χ0v) is 44.8. The predicted octanol–water partition coefficient (Wildman–Crippen LogP) is -2.33. The lowest BCUT2D eigenvalue weighted by Crippen LogP contribution is -2.68. The van der Waals surface area contributed by atoms with Crippen LogP contribution < -0.4 is 0 Å². The van der Waals surface area contributed by atoms with E-state index >= 15 is 0 Å². The summed E-state index contributed by atoms with van der Waals surface area (Å²) in [6.07, 6.45) is -27.3. The summed E-state index contributed by atoms with van der Waals surface area (Å²) < 4.78 is 47.3. The largest absolute Gasteiger partial charge is 0.479 e. The Labute approximate surface area is 446 Å². The third-order valence-corrected chi connectivity index (χ3v) is 21.5. The molecule has 24 heteroatoms. The molecule has 30 unspecified atom stereocenters. The van der Waals surface area contributed by atoms with Crippen molar-refractivity contribution < 1.29 is 119 Å². The van der Waals surface area contributed by atoms with Crippen LogP contribution in [0.1, 0.15) is 106 Å². The number of esters is 1. The summed E-state index contributed by atoms with van der Waals surface area (Å²) in [5.41, 5.74) is -2.94. The van der Waals surface area contributed by atoms with Crippen LogP contribution in [0.5, 0.6) is 0 Å². The number of carboxylic acids is 1. The second-order valence-electron chi connectivity index (χ2n) is 25.7. The van der Waals surface area contributed by atoms with E-state index in [2.05, 4.69) is 33.8 Å². The monoisotopic (exact) mass is 1100 g/mol. The number of allylic oxidation sites excluding steroid dienone is 2. The van der Waals surface area contributed by atoms with Gasteiger partial charge in [-0.1, -0.05) is 46.3 Å². The number of aliphatic hydroxyl groups excluding tert-OH is 13. The highest BCUT2D eigenvalue weighted by atomic mass is 16.8. The molecule has 4 aliphatic heterocycles. The minimum absolute atomic E-state index is 0.0475. The lowest BCUT2D eigenvalue weighted by Gasteiger charge is -2.71. The summed E-state index contributed by atoms with van der Waals surface area (Å²) in [6.45, 7) is 12.3. The average Bonchev–Trinajstić information content (AvgIpc) is 3.46. The fourth-order valence-corrected chi connectivity index (χ4v) is 16.2. The predicted molar refractivity (Wildman–Crippen MR) is 259 cm³/mol. The molecule has 9 aliphatic rings. The molecule has 0 aromatic carbocycles. The number of ether oxygens (including phenoxy) is 8. The summed E-state index contributed by atoms with van der Waals surface area (Å²) in [6, 6.07) is 0. The van der Waals surface area contributed by atoms with Crippen molar-refractivity contribution in [2.75, 3.05) is 19.8 Å². The zero-order valence-electron chi connectivity index (χ0n) is 44.8. The minimum atomic E-state index is -2.08. The van der Waals surface area contributed by atoms with Gasteiger partial charge in [-0.05, 0) is 106 Å². The third-order valence-electron chi connectivity index (χ3n) is 21.5. The molecule has 4 saturated heterocycles. The summed E-state index contributed by atoms with van der Waals surface area (Å²) in [5.74, 6) is -2.80. The lowest BCUT2D eigenvalue weighted by molar-refractivity contribution is -0.387. The van der Waals surface area contributed by atoms with Gasteiger partial charge in [-0.25, -0.2) is 4.79 Å². The number of carboxylic acid groups (broad SMARTS) is 1. The van der Waals surface area contributed by atoms with Crippen LogP contribution >= 0.6 is 0 Å². The molecule has 0 bridgehead atoms. The molecule has 77 heavy (non-hydrogen) atoms. The highest BCUT2D eigenvalue weighted by Gasteiger charge is 2.70. The van der Waals surface area contributed by atoms with Gasteiger partial charge in [-0.3, -0.25) is 4.79 Å². The highest BCUT2D eigenvalue weighted by molar-refractivity contribution is 5.77. The van der Waals surface area contributed by atoms with Crippen LogP contribution in [-0.2, 0) is 47.5 Å². The molecule has 9 rings (SSSR count). The summed E-state index contributed by atoms with van der Waals surface area (Å²) in [4.78, 5) is 26.8. The van der Waals surface area contributed by atoms with Crippen LogP contribution in [-0.4, -0.2) is 232 Å². The molecule has 0 amide bonds. The number of hydrogen-bond donors (Lipinski definition) is 14. The van der Waals surface area contributed by atoms with Gasteiger partial charge >= 0.3 is 11.9 Å². The standard InChI is InChI=1S/C53H84O24/c1-21-30(58)33(61)37(65)43(71-21)75-40-31(59)24(56)19-70-45(40)76-41-36(64)35(63)39(42(67)68)74-46(41)73-29-11-12-50(4)26(51(29,5)20-55)10-13-53(7)27(50)9-8-22-23-16-48(2,17-28(57)49(23,3)14-15-52(22,53)6)47(69)77-44-38(66)34(62)32(60)25(18-54)72-44/h8,21,23-41,43-46,54-66H,9-20H2,1-7H3,(H,67,68). The number of aliphatic hydroxyl groups is 13. The van der Waals surface area contributed by atoms with Crippen molar-refractivity contribution in [3.05, 3.63) is 11.6 Å². The Morgan fingerprint density at radius 3 is 1.95 bits per heavy atom. The number of aliphatic carboxylic acids is 1. The summed E-state index contributed by atoms with van der Waals surface area (Å²) in [7, 11) is 0. The van der Waals surface area contributed by atoms with E-state index < -0.39 is 181 Å². The Hall–Kier alpha value is -2.12. The molecule has 5 aliphatic carbocycles. The second-order valence-corrected chi connectivity index (χ2v) is 25.7. The molecule has 0 aromatic rings. The molecule has 440 valence electrons. The second kappa shape index (κ2) is 21.3. The van der Waals surface area contributed by atoms with Gasteiger partial charge in [0.2, 0.25) is 6.29 Å². The fraction of sp³-hybridized carbons (Fsp3) is 0.925. The van der Waals surface area contributed by atoms with Crippen LogP contribution in [0.25, 0.3) is 0 Å². The van der Waals surface area contributed by atoms with Gasteiger partial charge in [0.05, 0.1) is 43.5 Å². The zero-order chi connectivity index (χ0) is 56.4. The van der Waals surface area contributed by atoms with Gasteiger partial charge in [0.25, 0.3) is 0 Å². The topological polar surface area (TPSA) is 391 Å². The Morgan fingerprint density at radius 2 is 1.29 bits per heavy atom. The lowest BCUT2D eigenvalue weighted by atomic mass is 9.33. The van der Waals surface area contributed by atoms with E-state index in [4.69, 9.17) is 37.9 Å². The Bertz CT molecular complexity index is 2190. The maximum atomic E-state index is 14.2. The molecule has 8 fully saturated rings. The SMILES string of the molecule is CC1OC(OC2C(OC3C(OC4CCC5(C)C(CCC6(C)C5CC=C5C7CC(C)(C(=O)OC8OC(CO)C(O)C(O)C8O)CC(O)C7(C)CCC56C)C4(C)CO)OC(C(=O)O)C(O)C3O)OCC(O)C2O)C(O)C(O)C1O. The van der Waals surface area contributed by atoms with Crippen molar-refractivity contribution in [2.45, 2.75) is 235 Å². The molecule has 4 saturated carbocycles. The van der Waals surface area contributed by atoms with Crippen LogP contribution in [0.3, 0.4) is 0 Å². The molecule has 30 atom stereocenters. The first-order valence-electron chi connectivity index (χ1n) is 27.4. The normalized spacial score (nSPS) is 55.9. The Kier molecular flexibility index (Phi) is 16.4. The van der Waals surface area contributed by atoms with Gasteiger partial charge in [-0.15, -0.1) is 0 Å². The van der Waals surface area contributed by atoms with Crippen molar-refractivity contribution >= 4 is 11.9 Å². The van der Waals surface area contributed by atoms with Crippen LogP contribution in [0.15, 0.2) is 11.6 Å². The molecule has 24 nitrogen and oxygen atoms in total. The van der Waals surface area contributed by atoms with E-state index in [1.807, 2.05) is 6.92 Å². The van der Waals surface area contributed by atoms with Gasteiger partial charge in [0.1, 0.15) is 79.4 Å². The number of fused-ring (bicyclic) bond motifs is 7. The quantitative estimate of drug-likeness (QED) is 0.0586. The van der Waals surface area contributed by atoms with Crippen molar-refractivity contribution in [3.8, 4) is 0 Å². The summed E-state index contributed by atoms with van der Waals surface area (Å²) >= 11 is 0. The van der Waals surface area contributed by atoms with E-state index in [9.17, 15) is 81.1 Å². The molecule has 0 radical (unpaired) electrons. The highest BCUT2D eigenvalue weighted by Crippen LogP contribution is 2.76.